The second-order valence-corrected chi connectivity index (χ2v) is 7.24. The van der Waals surface area contributed by atoms with Crippen LogP contribution in [0.15, 0.2) is 18.2 Å². The van der Waals surface area contributed by atoms with Crippen LogP contribution in [0.1, 0.15) is 19.4 Å². The third kappa shape index (κ3) is 4.29. The molecule has 0 aromatic heterocycles. The van der Waals surface area contributed by atoms with E-state index in [1.807, 2.05) is 23.5 Å². The van der Waals surface area contributed by atoms with E-state index in [0.29, 0.717) is 24.3 Å². The molecule has 0 amide bonds. The lowest BCUT2D eigenvalue weighted by Gasteiger charge is -2.22. The highest BCUT2D eigenvalue weighted by Crippen LogP contribution is 2.29. The summed E-state index contributed by atoms with van der Waals surface area (Å²) >= 11 is 0. The average Bonchev–Trinajstić information content (AvgIpc) is 2.65. The van der Waals surface area contributed by atoms with Gasteiger partial charge in [-0.25, -0.2) is 22.0 Å². The summed E-state index contributed by atoms with van der Waals surface area (Å²) in [5.74, 6) is -11.5. The van der Waals surface area contributed by atoms with Crippen LogP contribution >= 0.6 is 0 Å². The van der Waals surface area contributed by atoms with Crippen LogP contribution < -0.4 is 14.3 Å². The average molecular weight is 423 g/mol. The van der Waals surface area contributed by atoms with E-state index in [0.717, 1.165) is 0 Å². The summed E-state index contributed by atoms with van der Waals surface area (Å²) < 4.78 is 95.0. The van der Waals surface area contributed by atoms with Crippen molar-refractivity contribution < 1.29 is 30.4 Å². The molecule has 0 heterocycles. The number of benzene rings is 2. The van der Waals surface area contributed by atoms with Gasteiger partial charge in [-0.05, 0) is 38.5 Å². The molecule has 2 N–H and O–H groups in total. The second kappa shape index (κ2) is 8.21. The monoisotopic (exact) mass is 423 g/mol. The fraction of sp³-hybridized carbons (Fsp3) is 0.294. The van der Waals surface area contributed by atoms with Crippen molar-refractivity contribution in [2.24, 2.45) is 0 Å². The van der Waals surface area contributed by atoms with Gasteiger partial charge in [-0.3, -0.25) is 9.44 Å². The number of rotatable bonds is 7. The lowest BCUT2D eigenvalue weighted by Crippen LogP contribution is -2.25. The summed E-state index contributed by atoms with van der Waals surface area (Å²) in [6.07, 6.45) is 0. The van der Waals surface area contributed by atoms with Crippen LogP contribution in [0.25, 0.3) is 0 Å². The number of nitrogens with zero attached hydrogens (tertiary/aromatic N) is 1. The summed E-state index contributed by atoms with van der Waals surface area (Å²) in [7, 11) is -4.71. The molecule has 0 saturated heterocycles. The molecular formula is C17H18F5N3O2S. The zero-order valence-electron chi connectivity index (χ0n) is 15.2. The van der Waals surface area contributed by atoms with E-state index in [-0.39, 0.29) is 5.69 Å². The smallest absolute Gasteiger partial charge is 0.321 e. The van der Waals surface area contributed by atoms with Gasteiger partial charge in [0.1, 0.15) is 5.69 Å². The minimum atomic E-state index is -4.71. The Hall–Kier alpha value is -2.56. The Balaban J connectivity index is 2.40. The van der Waals surface area contributed by atoms with Crippen LogP contribution in [0.4, 0.5) is 39.0 Å². The van der Waals surface area contributed by atoms with Crippen molar-refractivity contribution in [1.29, 1.82) is 0 Å². The zero-order chi connectivity index (χ0) is 21.2. The number of anilines is 3. The highest BCUT2D eigenvalue weighted by Gasteiger charge is 2.28. The van der Waals surface area contributed by atoms with Crippen molar-refractivity contribution in [2.45, 2.75) is 20.8 Å². The molecule has 0 unspecified atom stereocenters. The first kappa shape index (κ1) is 21.7. The molecule has 154 valence electrons. The fourth-order valence-corrected chi connectivity index (χ4v) is 3.51. The molecule has 11 heteroatoms. The second-order valence-electron chi connectivity index (χ2n) is 5.82. The van der Waals surface area contributed by atoms with Gasteiger partial charge in [0.05, 0.1) is 5.69 Å². The topological polar surface area (TPSA) is 61.4 Å². The third-order valence-electron chi connectivity index (χ3n) is 4.04. The number of halogens is 5. The standard InChI is InChI=1S/C17H18F5N3O2S/c1-4-25(5-2)10-7-6-9(3)11(8-10)23-28(26,27)24-17-15(21)13(19)12(18)14(20)16(17)22/h6-8,23-24H,4-5H2,1-3H3. The van der Waals surface area contributed by atoms with Crippen LogP contribution in [-0.2, 0) is 10.2 Å². The Morgan fingerprint density at radius 3 is 1.86 bits per heavy atom. The van der Waals surface area contributed by atoms with Crippen molar-refractivity contribution in [3.05, 3.63) is 52.8 Å². The maximum absolute atomic E-state index is 13.7. The number of aryl methyl sites for hydroxylation is 1. The van der Waals surface area contributed by atoms with E-state index in [4.69, 9.17) is 0 Å². The molecule has 0 radical (unpaired) electrons. The van der Waals surface area contributed by atoms with E-state index < -0.39 is 45.0 Å². The van der Waals surface area contributed by atoms with Gasteiger partial charge in [-0.1, -0.05) is 6.07 Å². The predicted molar refractivity (Wildman–Crippen MR) is 97.1 cm³/mol. The van der Waals surface area contributed by atoms with Gasteiger partial charge in [0.15, 0.2) is 23.3 Å². The zero-order valence-corrected chi connectivity index (χ0v) is 16.0. The molecule has 0 saturated carbocycles. The third-order valence-corrected chi connectivity index (χ3v) is 5.00. The Kier molecular flexibility index (Phi) is 6.37. The predicted octanol–water partition coefficient (Wildman–Crippen LogP) is 4.31. The summed E-state index contributed by atoms with van der Waals surface area (Å²) in [5.41, 5.74) is -0.412. The van der Waals surface area contributed by atoms with Gasteiger partial charge in [0.2, 0.25) is 5.82 Å². The maximum atomic E-state index is 13.7. The van der Waals surface area contributed by atoms with Crippen molar-refractivity contribution in [3.8, 4) is 0 Å². The molecule has 0 fully saturated rings. The van der Waals surface area contributed by atoms with Crippen molar-refractivity contribution in [3.63, 3.8) is 0 Å². The first-order valence-electron chi connectivity index (χ1n) is 8.19. The molecule has 0 aliphatic heterocycles. The van der Waals surface area contributed by atoms with Crippen molar-refractivity contribution in [2.75, 3.05) is 27.4 Å². The van der Waals surface area contributed by atoms with Crippen LogP contribution in [0.5, 0.6) is 0 Å². The Bertz CT molecular complexity index is 966. The van der Waals surface area contributed by atoms with Gasteiger partial charge in [0, 0.05) is 18.8 Å². The van der Waals surface area contributed by atoms with Gasteiger partial charge in [-0.2, -0.15) is 8.42 Å². The van der Waals surface area contributed by atoms with Crippen LogP contribution in [-0.4, -0.2) is 21.5 Å². The van der Waals surface area contributed by atoms with Crippen LogP contribution in [0.2, 0.25) is 0 Å². The van der Waals surface area contributed by atoms with E-state index in [1.54, 1.807) is 19.1 Å². The highest BCUT2D eigenvalue weighted by atomic mass is 32.2. The van der Waals surface area contributed by atoms with E-state index in [9.17, 15) is 30.4 Å². The Labute approximate surface area is 159 Å². The fourth-order valence-electron chi connectivity index (χ4n) is 2.50. The molecule has 2 aromatic carbocycles. The van der Waals surface area contributed by atoms with Crippen LogP contribution in [0.3, 0.4) is 0 Å². The summed E-state index contributed by atoms with van der Waals surface area (Å²) in [6, 6.07) is 4.89. The molecule has 0 bridgehead atoms. The molecule has 0 spiro atoms. The van der Waals surface area contributed by atoms with E-state index in [1.165, 1.54) is 10.8 Å². The number of hydrogen-bond acceptors (Lipinski definition) is 3. The first-order valence-corrected chi connectivity index (χ1v) is 9.68. The molecule has 2 rings (SSSR count). The summed E-state index contributed by atoms with van der Waals surface area (Å²) in [6.45, 7) is 6.68. The quantitative estimate of drug-likeness (QED) is 0.397. The van der Waals surface area contributed by atoms with Gasteiger partial charge in [-0.15, -0.1) is 0 Å². The lowest BCUT2D eigenvalue weighted by molar-refractivity contribution is 0.382. The molecule has 0 aliphatic rings. The summed E-state index contributed by atoms with van der Waals surface area (Å²) in [4.78, 5) is 1.93. The minimum absolute atomic E-state index is 0.0840. The molecule has 0 aliphatic carbocycles. The largest absolute Gasteiger partial charge is 0.372 e. The maximum Gasteiger partial charge on any atom is 0.321 e. The van der Waals surface area contributed by atoms with Crippen molar-refractivity contribution >= 4 is 27.3 Å². The normalized spacial score (nSPS) is 11.4. The molecular weight excluding hydrogens is 405 g/mol. The number of hydrogen-bond donors (Lipinski definition) is 2. The van der Waals surface area contributed by atoms with Crippen molar-refractivity contribution in [1.82, 2.24) is 0 Å². The molecule has 0 atom stereocenters. The highest BCUT2D eigenvalue weighted by molar-refractivity contribution is 7.94. The van der Waals surface area contributed by atoms with Gasteiger partial charge in [0.25, 0.3) is 0 Å². The minimum Gasteiger partial charge on any atom is -0.372 e. The number of nitrogens with one attached hydrogen (secondary N) is 2. The molecule has 5 nitrogen and oxygen atoms in total. The van der Waals surface area contributed by atoms with Crippen LogP contribution in [0, 0.1) is 36.0 Å². The molecule has 2 aromatic rings. The lowest BCUT2D eigenvalue weighted by atomic mass is 10.1. The van der Waals surface area contributed by atoms with E-state index >= 15 is 0 Å². The summed E-state index contributed by atoms with van der Waals surface area (Å²) in [5, 5.41) is 0. The van der Waals surface area contributed by atoms with Gasteiger partial charge < -0.3 is 4.90 Å². The Morgan fingerprint density at radius 1 is 0.857 bits per heavy atom. The Morgan fingerprint density at radius 2 is 1.36 bits per heavy atom. The first-order chi connectivity index (χ1) is 13.0. The SMILES string of the molecule is CCN(CC)c1ccc(C)c(NS(=O)(=O)Nc2c(F)c(F)c(F)c(F)c2F)c1. The molecule has 28 heavy (non-hydrogen) atoms. The van der Waals surface area contributed by atoms with Gasteiger partial charge >= 0.3 is 10.2 Å². The van der Waals surface area contributed by atoms with E-state index in [2.05, 4.69) is 0 Å².